The molecule has 2 atom stereocenters. The van der Waals surface area contributed by atoms with Crippen LogP contribution in [0.5, 0.6) is 0 Å². The maximum absolute atomic E-state index is 12.2. The van der Waals surface area contributed by atoms with Gasteiger partial charge < -0.3 is 15.0 Å². The van der Waals surface area contributed by atoms with Crippen LogP contribution in [0.2, 0.25) is 0 Å². The van der Waals surface area contributed by atoms with Crippen molar-refractivity contribution in [2.75, 3.05) is 19.6 Å². The van der Waals surface area contributed by atoms with Crippen LogP contribution in [0.3, 0.4) is 0 Å². The van der Waals surface area contributed by atoms with Crippen LogP contribution >= 0.6 is 0 Å². The van der Waals surface area contributed by atoms with Crippen molar-refractivity contribution in [2.24, 2.45) is 5.92 Å². The van der Waals surface area contributed by atoms with Crippen molar-refractivity contribution in [1.82, 2.24) is 10.2 Å². The molecule has 0 aliphatic carbocycles. The fourth-order valence-electron chi connectivity index (χ4n) is 2.69. The van der Waals surface area contributed by atoms with E-state index in [9.17, 15) is 4.79 Å². The predicted molar refractivity (Wildman–Crippen MR) is 87.5 cm³/mol. The van der Waals surface area contributed by atoms with Crippen molar-refractivity contribution >= 4 is 6.09 Å². The lowest BCUT2D eigenvalue weighted by Gasteiger charge is -2.29. The first kappa shape index (κ1) is 18.8. The molecule has 0 aromatic carbocycles. The van der Waals surface area contributed by atoms with Gasteiger partial charge >= 0.3 is 6.09 Å². The van der Waals surface area contributed by atoms with E-state index in [-0.39, 0.29) is 12.1 Å². The van der Waals surface area contributed by atoms with E-state index < -0.39 is 5.60 Å². The van der Waals surface area contributed by atoms with E-state index in [0.717, 1.165) is 45.3 Å². The van der Waals surface area contributed by atoms with Gasteiger partial charge in [-0.25, -0.2) is 4.79 Å². The third-order valence-corrected chi connectivity index (χ3v) is 3.95. The minimum atomic E-state index is -0.447. The van der Waals surface area contributed by atoms with E-state index in [2.05, 4.69) is 18.3 Å². The molecule has 126 valence electrons. The molecule has 22 heavy (non-hydrogen) atoms. The van der Waals surface area contributed by atoms with Crippen molar-refractivity contribution < 1.29 is 9.53 Å². The number of likely N-dealkylation sites (tertiary alicyclic amines) is 1. The molecule has 0 radical (unpaired) electrons. The number of nitrogens with one attached hydrogen (secondary N) is 1. The first-order valence-electron chi connectivity index (χ1n) is 8.44. The average Bonchev–Trinajstić information content (AvgIpc) is 2.67. The summed E-state index contributed by atoms with van der Waals surface area (Å²) >= 11 is 0. The summed E-state index contributed by atoms with van der Waals surface area (Å²) in [5, 5.41) is 12.3. The summed E-state index contributed by atoms with van der Waals surface area (Å²) in [6.07, 6.45) is 4.58. The Kier molecular flexibility index (Phi) is 7.67. The molecule has 1 aliphatic heterocycles. The quantitative estimate of drug-likeness (QED) is 0.846. The van der Waals surface area contributed by atoms with Gasteiger partial charge in [0.1, 0.15) is 5.60 Å². The normalized spacial score (nSPS) is 20.9. The highest BCUT2D eigenvalue weighted by Crippen LogP contribution is 2.19. The Labute approximate surface area is 135 Å². The lowest BCUT2D eigenvalue weighted by Crippen LogP contribution is -2.42. The van der Waals surface area contributed by atoms with E-state index in [0.29, 0.717) is 12.3 Å². The van der Waals surface area contributed by atoms with Gasteiger partial charge in [0.05, 0.1) is 12.5 Å². The molecular weight excluding hydrogens is 278 g/mol. The minimum Gasteiger partial charge on any atom is -0.444 e. The topological polar surface area (TPSA) is 65.4 Å². The lowest BCUT2D eigenvalue weighted by atomic mass is 10.0. The standard InChI is InChI=1S/C17H31N3O2/c1-5-15(9-10-18)19-12-14-8-6-7-11-20(13-14)16(21)22-17(2,3)4/h14-15,19H,5-9,11-13H2,1-4H3/t14-,15-/m0/s1. The highest BCUT2D eigenvalue weighted by molar-refractivity contribution is 5.68. The molecule has 0 spiro atoms. The molecule has 0 saturated carbocycles. The summed E-state index contributed by atoms with van der Waals surface area (Å²) < 4.78 is 5.49. The van der Waals surface area contributed by atoms with E-state index in [4.69, 9.17) is 10.00 Å². The first-order valence-corrected chi connectivity index (χ1v) is 8.44. The zero-order valence-corrected chi connectivity index (χ0v) is 14.5. The third kappa shape index (κ3) is 7.13. The van der Waals surface area contributed by atoms with Gasteiger partial charge in [0, 0.05) is 19.1 Å². The smallest absolute Gasteiger partial charge is 0.410 e. The van der Waals surface area contributed by atoms with Crippen LogP contribution < -0.4 is 5.32 Å². The molecule has 1 N–H and O–H groups in total. The number of ether oxygens (including phenoxy) is 1. The molecule has 0 aromatic heterocycles. The van der Waals surface area contributed by atoms with Gasteiger partial charge in [0.2, 0.25) is 0 Å². The molecule has 0 unspecified atom stereocenters. The Balaban J connectivity index is 2.51. The second-order valence-corrected chi connectivity index (χ2v) is 7.16. The Bertz CT molecular complexity index is 384. The van der Waals surface area contributed by atoms with Gasteiger partial charge in [0.15, 0.2) is 0 Å². The highest BCUT2D eigenvalue weighted by atomic mass is 16.6. The second-order valence-electron chi connectivity index (χ2n) is 7.16. The number of rotatable bonds is 5. The van der Waals surface area contributed by atoms with Crippen LogP contribution in [-0.2, 0) is 4.74 Å². The largest absolute Gasteiger partial charge is 0.444 e. The zero-order valence-electron chi connectivity index (χ0n) is 14.5. The molecule has 5 nitrogen and oxygen atoms in total. The maximum Gasteiger partial charge on any atom is 0.410 e. The molecule has 0 bridgehead atoms. The average molecular weight is 309 g/mol. The summed E-state index contributed by atoms with van der Waals surface area (Å²) in [7, 11) is 0. The highest BCUT2D eigenvalue weighted by Gasteiger charge is 2.26. The van der Waals surface area contributed by atoms with Crippen molar-refractivity contribution in [3.63, 3.8) is 0 Å². The number of amides is 1. The van der Waals surface area contributed by atoms with Gasteiger partial charge in [-0.05, 0) is 52.5 Å². The van der Waals surface area contributed by atoms with Gasteiger partial charge in [-0.2, -0.15) is 5.26 Å². The second kappa shape index (κ2) is 8.99. The van der Waals surface area contributed by atoms with Gasteiger partial charge in [0.25, 0.3) is 0 Å². The van der Waals surface area contributed by atoms with Crippen molar-refractivity contribution in [3.05, 3.63) is 0 Å². The number of hydrogen-bond acceptors (Lipinski definition) is 4. The number of hydrogen-bond donors (Lipinski definition) is 1. The van der Waals surface area contributed by atoms with Crippen LogP contribution in [0.4, 0.5) is 4.79 Å². The maximum atomic E-state index is 12.2. The Hall–Kier alpha value is -1.28. The molecule has 1 fully saturated rings. The molecule has 1 saturated heterocycles. The molecule has 1 rings (SSSR count). The van der Waals surface area contributed by atoms with Crippen LogP contribution in [0.15, 0.2) is 0 Å². The van der Waals surface area contributed by atoms with Crippen LogP contribution in [-0.4, -0.2) is 42.3 Å². The van der Waals surface area contributed by atoms with Crippen LogP contribution in [0.1, 0.15) is 59.8 Å². The van der Waals surface area contributed by atoms with Crippen molar-refractivity contribution in [3.8, 4) is 6.07 Å². The Morgan fingerprint density at radius 3 is 2.77 bits per heavy atom. The lowest BCUT2D eigenvalue weighted by molar-refractivity contribution is 0.0234. The molecule has 1 amide bonds. The Morgan fingerprint density at radius 2 is 2.18 bits per heavy atom. The van der Waals surface area contributed by atoms with Crippen molar-refractivity contribution in [2.45, 2.75) is 71.4 Å². The summed E-state index contributed by atoms with van der Waals surface area (Å²) in [4.78, 5) is 14.1. The molecule has 5 heteroatoms. The monoisotopic (exact) mass is 309 g/mol. The predicted octanol–water partition coefficient (Wildman–Crippen LogP) is 3.31. The number of nitriles is 1. The van der Waals surface area contributed by atoms with Gasteiger partial charge in [-0.1, -0.05) is 13.3 Å². The van der Waals surface area contributed by atoms with E-state index >= 15 is 0 Å². The SMILES string of the molecule is CC[C@@H](CC#N)NC[C@@H]1CCCCN(C(=O)OC(C)(C)C)C1. The number of carbonyl (C=O) groups excluding carboxylic acids is 1. The van der Waals surface area contributed by atoms with Gasteiger partial charge in [-0.3, -0.25) is 0 Å². The zero-order chi connectivity index (χ0) is 16.6. The first-order chi connectivity index (χ1) is 10.4. The summed E-state index contributed by atoms with van der Waals surface area (Å²) in [6.45, 7) is 10.2. The fourth-order valence-corrected chi connectivity index (χ4v) is 2.69. The minimum absolute atomic E-state index is 0.205. The van der Waals surface area contributed by atoms with E-state index in [1.54, 1.807) is 0 Å². The van der Waals surface area contributed by atoms with E-state index in [1.807, 2.05) is 25.7 Å². The summed E-state index contributed by atoms with van der Waals surface area (Å²) in [5.41, 5.74) is -0.447. The summed E-state index contributed by atoms with van der Waals surface area (Å²) in [5.74, 6) is 0.433. The van der Waals surface area contributed by atoms with E-state index in [1.165, 1.54) is 0 Å². The molecular formula is C17H31N3O2. The number of nitrogens with zero attached hydrogens (tertiary/aromatic N) is 2. The Morgan fingerprint density at radius 1 is 1.45 bits per heavy atom. The third-order valence-electron chi connectivity index (χ3n) is 3.95. The molecule has 1 heterocycles. The van der Waals surface area contributed by atoms with Crippen LogP contribution in [0, 0.1) is 17.2 Å². The van der Waals surface area contributed by atoms with Crippen LogP contribution in [0.25, 0.3) is 0 Å². The molecule has 0 aromatic rings. The molecule has 1 aliphatic rings. The summed E-state index contributed by atoms with van der Waals surface area (Å²) in [6, 6.07) is 2.48. The fraction of sp³-hybridized carbons (Fsp3) is 0.882. The van der Waals surface area contributed by atoms with Crippen molar-refractivity contribution in [1.29, 1.82) is 5.26 Å². The number of carbonyl (C=O) groups is 1. The van der Waals surface area contributed by atoms with Gasteiger partial charge in [-0.15, -0.1) is 0 Å².